The van der Waals surface area contributed by atoms with Crippen LogP contribution < -0.4 is 11.3 Å². The van der Waals surface area contributed by atoms with E-state index in [1.807, 2.05) is 6.92 Å². The van der Waals surface area contributed by atoms with Gasteiger partial charge in [-0.3, -0.25) is 42.9 Å². The van der Waals surface area contributed by atoms with Crippen molar-refractivity contribution in [1.82, 2.24) is 19.9 Å². The number of terminal acetylenes is 1. The van der Waals surface area contributed by atoms with Crippen molar-refractivity contribution in [1.29, 1.82) is 0 Å². The number of rotatable bonds is 25. The summed E-state index contributed by atoms with van der Waals surface area (Å²) >= 11 is 24.4. The number of Topliss-reactive ketones (excluding diaryl/α,β-unsaturated/α-hetero) is 5. The van der Waals surface area contributed by atoms with Crippen molar-refractivity contribution in [2.75, 3.05) is 78.9 Å². The van der Waals surface area contributed by atoms with Gasteiger partial charge in [-0.25, -0.2) is 29.3 Å². The molecule has 6 N–H and O–H groups in total. The maximum absolute atomic E-state index is 11.9. The van der Waals surface area contributed by atoms with Crippen LogP contribution in [0.15, 0.2) is 55.1 Å². The number of hydrogen-bond donors (Lipinski definition) is 5. The maximum Gasteiger partial charge on any atom is 0.384 e. The van der Waals surface area contributed by atoms with E-state index in [2.05, 4.69) is 89.6 Å². The number of hydrogen-bond acceptors (Lipinski definition) is 34. The molecule has 0 radical (unpaired) electrons. The zero-order valence-electron chi connectivity index (χ0n) is 71.5. The van der Waals surface area contributed by atoms with Gasteiger partial charge in [-0.1, -0.05) is 30.7 Å². The summed E-state index contributed by atoms with van der Waals surface area (Å²) in [5.74, 6) is 1.36. The second-order valence-corrected chi connectivity index (χ2v) is 37.4. The van der Waals surface area contributed by atoms with Crippen LogP contribution in [-0.2, 0) is 144 Å². The minimum absolute atomic E-state index is 0.0518. The average Bonchev–Trinajstić information content (AvgIpc) is 1.63. The third-order valence-corrected chi connectivity index (χ3v) is 20.5. The highest BCUT2D eigenvalue weighted by Gasteiger charge is 2.32. The van der Waals surface area contributed by atoms with Crippen LogP contribution in [0.2, 0.25) is 5.15 Å². The van der Waals surface area contributed by atoms with Crippen molar-refractivity contribution in [2.24, 2.45) is 5.92 Å². The number of halogens is 4. The molecule has 688 valence electrons. The number of aromatic amines is 1. The number of ether oxygens (including phenoxy) is 12. The number of esters is 5. The summed E-state index contributed by atoms with van der Waals surface area (Å²) in [6.45, 7) is 30.0. The lowest BCUT2D eigenvalue weighted by atomic mass is 9.96. The summed E-state index contributed by atoms with van der Waals surface area (Å²) < 4.78 is 71.0. The van der Waals surface area contributed by atoms with Crippen LogP contribution in [0.25, 0.3) is 20.4 Å². The Labute approximate surface area is 749 Å². The van der Waals surface area contributed by atoms with Crippen molar-refractivity contribution in [3.05, 3.63) is 103 Å². The largest absolute Gasteiger partial charge is 0.501 e. The van der Waals surface area contributed by atoms with Crippen molar-refractivity contribution in [3.8, 4) is 12.3 Å². The Kier molecular flexibility index (Phi) is 60.3. The Balaban J connectivity index is 0.000000698. The molecule has 6 aliphatic rings. The normalized spacial score (nSPS) is 18.7. The lowest BCUT2D eigenvalue weighted by Gasteiger charge is -2.26. The number of ketones is 5. The van der Waals surface area contributed by atoms with Crippen molar-refractivity contribution >= 4 is 169 Å². The molecule has 3 fully saturated rings. The lowest BCUT2D eigenvalue weighted by Crippen LogP contribution is -2.31. The summed E-state index contributed by atoms with van der Waals surface area (Å²) in [6, 6.07) is 0. The summed E-state index contributed by atoms with van der Waals surface area (Å²) in [5, 5.41) is 23.6. The zero-order valence-corrected chi connectivity index (χ0v) is 77.9. The van der Waals surface area contributed by atoms with Crippen LogP contribution >= 0.6 is 84.5 Å². The first-order chi connectivity index (χ1) is 58.5. The first-order valence-corrected chi connectivity index (χ1v) is 46.9. The molecule has 0 aliphatic carbocycles. The van der Waals surface area contributed by atoms with Crippen LogP contribution in [0.1, 0.15) is 201 Å². The van der Waals surface area contributed by atoms with Gasteiger partial charge in [0.2, 0.25) is 0 Å². The predicted molar refractivity (Wildman–Crippen MR) is 472 cm³/mol. The highest BCUT2D eigenvalue weighted by atomic mass is 36.0. The number of nitrogens with one attached hydrogen (secondary N) is 1. The molecule has 0 amide bonds. The first-order valence-electron chi connectivity index (χ1n) is 39.7. The zero-order chi connectivity index (χ0) is 92.6. The van der Waals surface area contributed by atoms with E-state index in [9.17, 15) is 62.4 Å². The monoisotopic (exact) mass is 1880 g/mol. The Morgan fingerprint density at radius 1 is 0.618 bits per heavy atom. The Bertz CT molecular complexity index is 4250. The van der Waals surface area contributed by atoms with Gasteiger partial charge >= 0.3 is 35.0 Å². The molecule has 123 heavy (non-hydrogen) atoms. The van der Waals surface area contributed by atoms with E-state index >= 15 is 0 Å². The Hall–Kier alpha value is -7.31. The van der Waals surface area contributed by atoms with E-state index in [0.717, 1.165) is 79.3 Å². The topological polar surface area (TPSA) is 457 Å². The molecule has 0 spiro atoms. The fraction of sp³-hybridized carbons (Fsp3) is 0.590. The van der Waals surface area contributed by atoms with Crippen LogP contribution in [0.5, 0.6) is 0 Å². The van der Waals surface area contributed by atoms with Gasteiger partial charge in [-0.05, 0) is 151 Å². The first kappa shape index (κ1) is 114. The summed E-state index contributed by atoms with van der Waals surface area (Å²) in [5.41, 5.74) is 9.28. The number of nitrogens with zero attached hydrogens (tertiary/aromatic N) is 3. The molecule has 11 rings (SSSR count). The van der Waals surface area contributed by atoms with Crippen molar-refractivity contribution in [2.45, 2.75) is 241 Å². The molecular formula is C83H118Cl4N5O27PS3. The minimum atomic E-state index is -3.22. The van der Waals surface area contributed by atoms with Gasteiger partial charge in [0.15, 0.2) is 0 Å². The Morgan fingerprint density at radius 3 is 1.51 bits per heavy atom. The van der Waals surface area contributed by atoms with Crippen LogP contribution in [0.4, 0.5) is 5.00 Å². The molecule has 8 unspecified atom stereocenters. The van der Waals surface area contributed by atoms with Crippen LogP contribution in [0.3, 0.4) is 0 Å². The van der Waals surface area contributed by atoms with Crippen LogP contribution in [-0.4, -0.2) is 210 Å². The number of nitrogens with two attached hydrogens (primary N) is 1. The van der Waals surface area contributed by atoms with E-state index in [-0.39, 0.29) is 114 Å². The number of carbonyl (C=O) groups is 10. The second-order valence-electron chi connectivity index (χ2n) is 27.1. The van der Waals surface area contributed by atoms with Gasteiger partial charge in [-0.15, -0.1) is 53.6 Å². The van der Waals surface area contributed by atoms with Gasteiger partial charge in [0.05, 0.1) is 157 Å². The minimum Gasteiger partial charge on any atom is -0.501 e. The van der Waals surface area contributed by atoms with E-state index < -0.39 is 11.2 Å². The molecular weight excluding hydrogens is 1770 g/mol. The van der Waals surface area contributed by atoms with E-state index in [4.69, 9.17) is 74.9 Å². The van der Waals surface area contributed by atoms with E-state index in [0.29, 0.717) is 183 Å². The summed E-state index contributed by atoms with van der Waals surface area (Å²) in [7, 11) is 1.00. The SMILES string of the molecule is C#CC(=O)OCC.C=CCCO.C=CCCO/C=C/C(=O)OCC.CC(=O)CC1CC(=O)CCO1.CC(=O)CC1Cc2c(sc3nc[nH]c(=O)c23)CO1.CC(=O)CC1Cc2c(sc3ncnc(Cl)c23)CO1.CCOC(=O)CC1CC(C)CCO1.CCOC(=O)CC1CC(O)CCO1.CCOC(=O)c1c(N)sc2c1CC(CC(C)=O)OC2.CO.O=P(Cl)(Cl)Cl. The predicted octanol–water partition coefficient (Wildman–Crippen LogP) is 13.9. The smallest absolute Gasteiger partial charge is 0.384 e. The van der Waals surface area contributed by atoms with Crippen molar-refractivity contribution < 1.29 is 125 Å². The van der Waals surface area contributed by atoms with Crippen molar-refractivity contribution in [3.63, 3.8) is 0 Å². The highest BCUT2D eigenvalue weighted by molar-refractivity contribution is 8.24. The van der Waals surface area contributed by atoms with E-state index in [1.165, 1.54) is 61.5 Å². The van der Waals surface area contributed by atoms with Gasteiger partial charge < -0.3 is 82.9 Å². The number of nitrogen functional groups attached to an aromatic ring is 1. The summed E-state index contributed by atoms with van der Waals surface area (Å²) in [4.78, 5) is 141. The molecule has 0 saturated carbocycles. The molecule has 5 aromatic rings. The fourth-order valence-electron chi connectivity index (χ4n) is 11.8. The molecule has 0 aromatic carbocycles. The maximum atomic E-state index is 11.9. The molecule has 0 bridgehead atoms. The molecule has 11 heterocycles. The van der Waals surface area contributed by atoms with Gasteiger partial charge in [-0.2, -0.15) is 0 Å². The quantitative estimate of drug-likeness (QED) is 0.00346. The number of anilines is 1. The lowest BCUT2D eigenvalue weighted by molar-refractivity contribution is -0.149. The molecule has 3 saturated heterocycles. The summed E-state index contributed by atoms with van der Waals surface area (Å²) in [6.07, 6.45) is 22.5. The number of aliphatic hydroxyl groups excluding tert-OH is 3. The van der Waals surface area contributed by atoms with Gasteiger partial charge in [0, 0.05) is 112 Å². The van der Waals surface area contributed by atoms with Gasteiger partial charge in [0.1, 0.15) is 55.1 Å². The number of aliphatic hydroxyl groups is 3. The van der Waals surface area contributed by atoms with E-state index in [1.54, 1.807) is 71.0 Å². The number of aromatic nitrogens is 4. The number of fused-ring (bicyclic) bond motifs is 7. The third kappa shape index (κ3) is 49.4. The third-order valence-electron chi connectivity index (χ3n) is 16.9. The average molecular weight is 1890 g/mol. The fourth-order valence-corrected chi connectivity index (χ4v) is 15.3. The number of thiophene rings is 3. The van der Waals surface area contributed by atoms with Gasteiger partial charge in [0.25, 0.3) is 5.56 Å². The highest BCUT2D eigenvalue weighted by Crippen LogP contribution is 2.61. The second kappa shape index (κ2) is 65.3. The molecule has 5 aromatic heterocycles. The number of H-pyrrole nitrogens is 1. The standard InChI is InChI=1S/C13H17NO4S.C12H11ClN2O2S.C12H12N2O3S.C10H18O3.C9H16O4.C9H14O3.C8H12O3.C5H6O2.C4H8O.CH4O.Cl3OP/c1-3-17-13(16)11-9-5-8(4-7(2)15)18-6-10(9)19-12(11)14;1-6(16)2-7-3-8-9(4-17-7)18-12-10(8)11(13)14-5-15-12;1-6(15)2-7-3-8-9(4-17-7)18-12-10(8)11(16)13-5-14-12;1-3-12-10(11)7-9-6-8(2)4-5-13-9;1-2-12-9(11)6-8-5-7(10)3-4-13-8;1-3-5-7-11-8-6-9(10)12-4-2;1-6(9)4-8-5-7(10)2-3-11-8;1-3-5(6)7-4-2;1-2-3-4-5;1-2;1-5(2,3)4/h8H,3-6,14H2,1-2H3;5,7H,2-4H2,1H3;5,7H,2-4H2,1H3,(H,13,14,16);8-9H,3-7H2,1-2H3;7-8,10H,2-6H2,1H3;3,6,8H,1,4-5,7H2,2H3;8H,2-5H2,1H3;1H,4H2,2H3;2,5H,1,3-4H2;2H,1H3;/b;;;;;8-6+;;;;;. The molecule has 6 aliphatic heterocycles. The molecule has 40 heteroatoms. The van der Waals surface area contributed by atoms with Crippen LogP contribution in [0, 0.1) is 18.3 Å². The Morgan fingerprint density at radius 2 is 1.07 bits per heavy atom. The molecule has 32 nitrogen and oxygen atoms in total. The molecule has 8 atom stereocenters. The number of carbonyl (C=O) groups excluding carboxylic acids is 10.